The first-order chi connectivity index (χ1) is 12.5. The van der Waals surface area contributed by atoms with Crippen LogP contribution >= 0.6 is 11.6 Å². The SMILES string of the molecule is Cc1ccc(CN(Cc2ccc(F)cc2)C(=O)C(Cl)c2ccccc2)o1. The minimum atomic E-state index is -0.798. The molecule has 0 aliphatic heterocycles. The minimum Gasteiger partial charge on any atom is -0.464 e. The van der Waals surface area contributed by atoms with Gasteiger partial charge in [-0.2, -0.15) is 0 Å². The molecule has 0 spiro atoms. The Hall–Kier alpha value is -2.59. The Balaban J connectivity index is 1.83. The molecular weight excluding hydrogens is 353 g/mol. The molecular formula is C21H19ClFNO2. The summed E-state index contributed by atoms with van der Waals surface area (Å²) in [5.41, 5.74) is 1.55. The van der Waals surface area contributed by atoms with Gasteiger partial charge in [-0.15, -0.1) is 11.6 Å². The van der Waals surface area contributed by atoms with Crippen LogP contribution in [0.25, 0.3) is 0 Å². The van der Waals surface area contributed by atoms with Crippen molar-refractivity contribution in [2.75, 3.05) is 0 Å². The summed E-state index contributed by atoms with van der Waals surface area (Å²) in [5, 5.41) is -0.798. The van der Waals surface area contributed by atoms with Gasteiger partial charge in [0, 0.05) is 6.54 Å². The largest absolute Gasteiger partial charge is 0.464 e. The Morgan fingerprint density at radius 1 is 1.04 bits per heavy atom. The zero-order valence-corrected chi connectivity index (χ0v) is 15.1. The Kier molecular flexibility index (Phi) is 5.74. The van der Waals surface area contributed by atoms with Gasteiger partial charge in [-0.1, -0.05) is 42.5 Å². The van der Waals surface area contributed by atoms with Crippen LogP contribution in [0.15, 0.2) is 71.1 Å². The van der Waals surface area contributed by atoms with Gasteiger partial charge in [0.1, 0.15) is 22.7 Å². The number of alkyl halides is 1. The lowest BCUT2D eigenvalue weighted by Gasteiger charge is -2.24. The van der Waals surface area contributed by atoms with Crippen LogP contribution in [-0.2, 0) is 17.9 Å². The van der Waals surface area contributed by atoms with Crippen LogP contribution in [-0.4, -0.2) is 10.8 Å². The van der Waals surface area contributed by atoms with E-state index in [1.54, 1.807) is 17.0 Å². The van der Waals surface area contributed by atoms with Gasteiger partial charge in [0.15, 0.2) is 0 Å². The third kappa shape index (κ3) is 4.52. The second-order valence-corrected chi connectivity index (χ2v) is 6.54. The van der Waals surface area contributed by atoms with E-state index in [9.17, 15) is 9.18 Å². The van der Waals surface area contributed by atoms with Crippen molar-refractivity contribution in [3.8, 4) is 0 Å². The monoisotopic (exact) mass is 371 g/mol. The molecule has 1 amide bonds. The van der Waals surface area contributed by atoms with E-state index in [-0.39, 0.29) is 11.7 Å². The molecule has 3 aromatic rings. The van der Waals surface area contributed by atoms with Crippen molar-refractivity contribution in [2.24, 2.45) is 0 Å². The number of benzene rings is 2. The average Bonchev–Trinajstić information content (AvgIpc) is 3.07. The first kappa shape index (κ1) is 18.2. The van der Waals surface area contributed by atoms with Crippen LogP contribution in [0.2, 0.25) is 0 Å². The summed E-state index contributed by atoms with van der Waals surface area (Å²) in [7, 11) is 0. The second-order valence-electron chi connectivity index (χ2n) is 6.11. The van der Waals surface area contributed by atoms with Crippen molar-refractivity contribution >= 4 is 17.5 Å². The smallest absolute Gasteiger partial charge is 0.245 e. The van der Waals surface area contributed by atoms with Gasteiger partial charge in [-0.25, -0.2) is 4.39 Å². The minimum absolute atomic E-state index is 0.226. The number of aryl methyl sites for hydroxylation is 1. The number of rotatable bonds is 6. The van der Waals surface area contributed by atoms with Gasteiger partial charge in [0.05, 0.1) is 6.54 Å². The van der Waals surface area contributed by atoms with Crippen molar-refractivity contribution in [3.05, 3.63) is 95.2 Å². The van der Waals surface area contributed by atoms with Gasteiger partial charge in [-0.05, 0) is 42.3 Å². The molecule has 3 rings (SSSR count). The fraction of sp³-hybridized carbons (Fsp3) is 0.190. The maximum absolute atomic E-state index is 13.2. The van der Waals surface area contributed by atoms with Gasteiger partial charge in [0.25, 0.3) is 0 Å². The predicted octanol–water partition coefficient (Wildman–Crippen LogP) is 5.24. The molecule has 2 aromatic carbocycles. The van der Waals surface area contributed by atoms with Crippen LogP contribution in [0.3, 0.4) is 0 Å². The molecule has 3 nitrogen and oxygen atoms in total. The number of amides is 1. The molecule has 0 N–H and O–H groups in total. The first-order valence-electron chi connectivity index (χ1n) is 8.30. The highest BCUT2D eigenvalue weighted by atomic mass is 35.5. The van der Waals surface area contributed by atoms with Gasteiger partial charge >= 0.3 is 0 Å². The summed E-state index contributed by atoms with van der Waals surface area (Å²) in [6.07, 6.45) is 0. The van der Waals surface area contributed by atoms with E-state index in [4.69, 9.17) is 16.0 Å². The highest BCUT2D eigenvalue weighted by Gasteiger charge is 2.25. The van der Waals surface area contributed by atoms with Crippen LogP contribution < -0.4 is 0 Å². The van der Waals surface area contributed by atoms with Crippen molar-refractivity contribution < 1.29 is 13.6 Å². The lowest BCUT2D eigenvalue weighted by atomic mass is 10.1. The molecule has 26 heavy (non-hydrogen) atoms. The zero-order valence-electron chi connectivity index (χ0n) is 14.4. The number of halogens is 2. The summed E-state index contributed by atoms with van der Waals surface area (Å²) >= 11 is 6.43. The summed E-state index contributed by atoms with van der Waals surface area (Å²) in [5.74, 6) is 0.915. The van der Waals surface area contributed by atoms with Gasteiger partial charge in [0.2, 0.25) is 5.91 Å². The molecule has 0 saturated carbocycles. The summed E-state index contributed by atoms with van der Waals surface area (Å²) in [4.78, 5) is 14.6. The van der Waals surface area contributed by atoms with Crippen LogP contribution in [0.4, 0.5) is 4.39 Å². The molecule has 1 aromatic heterocycles. The molecule has 1 heterocycles. The van der Waals surface area contributed by atoms with Crippen molar-refractivity contribution in [3.63, 3.8) is 0 Å². The molecule has 5 heteroatoms. The third-order valence-electron chi connectivity index (χ3n) is 4.05. The Morgan fingerprint density at radius 3 is 2.35 bits per heavy atom. The second kappa shape index (κ2) is 8.19. The molecule has 0 aliphatic carbocycles. The predicted molar refractivity (Wildman–Crippen MR) is 99.1 cm³/mol. The summed E-state index contributed by atoms with van der Waals surface area (Å²) in [6, 6.07) is 19.0. The number of carbonyl (C=O) groups excluding carboxylic acids is 1. The molecule has 0 saturated heterocycles. The number of furan rings is 1. The molecule has 134 valence electrons. The van der Waals surface area contributed by atoms with Crippen molar-refractivity contribution in [1.29, 1.82) is 0 Å². The normalized spacial score (nSPS) is 12.0. The van der Waals surface area contributed by atoms with Crippen molar-refractivity contribution in [1.82, 2.24) is 4.90 Å². The van der Waals surface area contributed by atoms with Crippen LogP contribution in [0.5, 0.6) is 0 Å². The van der Waals surface area contributed by atoms with E-state index in [0.717, 1.165) is 16.9 Å². The van der Waals surface area contributed by atoms with E-state index in [0.29, 0.717) is 18.8 Å². The fourth-order valence-electron chi connectivity index (χ4n) is 2.71. The summed E-state index contributed by atoms with van der Waals surface area (Å²) in [6.45, 7) is 2.46. The Labute approximate surface area is 157 Å². The molecule has 0 radical (unpaired) electrons. The standard InChI is InChI=1S/C21H19ClFNO2/c1-15-7-12-19(26-15)14-24(13-16-8-10-18(23)11-9-16)21(25)20(22)17-5-3-2-4-6-17/h2-12,20H,13-14H2,1H3. The Morgan fingerprint density at radius 2 is 1.73 bits per heavy atom. The number of carbonyl (C=O) groups is 1. The lowest BCUT2D eigenvalue weighted by Crippen LogP contribution is -2.32. The van der Waals surface area contributed by atoms with E-state index in [1.165, 1.54) is 12.1 Å². The Bertz CT molecular complexity index is 861. The highest BCUT2D eigenvalue weighted by Crippen LogP contribution is 2.25. The lowest BCUT2D eigenvalue weighted by molar-refractivity contribution is -0.132. The molecule has 1 atom stereocenters. The fourth-order valence-corrected chi connectivity index (χ4v) is 2.99. The van der Waals surface area contributed by atoms with E-state index in [2.05, 4.69) is 0 Å². The zero-order chi connectivity index (χ0) is 18.5. The maximum Gasteiger partial charge on any atom is 0.245 e. The van der Waals surface area contributed by atoms with E-state index >= 15 is 0 Å². The van der Waals surface area contributed by atoms with E-state index in [1.807, 2.05) is 49.4 Å². The number of hydrogen-bond donors (Lipinski definition) is 0. The van der Waals surface area contributed by atoms with Gasteiger partial charge in [-0.3, -0.25) is 4.79 Å². The van der Waals surface area contributed by atoms with Gasteiger partial charge < -0.3 is 9.32 Å². The average molecular weight is 372 g/mol. The van der Waals surface area contributed by atoms with Crippen LogP contribution in [0.1, 0.15) is 28.0 Å². The van der Waals surface area contributed by atoms with Crippen LogP contribution in [0, 0.1) is 12.7 Å². The third-order valence-corrected chi connectivity index (χ3v) is 4.49. The molecule has 1 unspecified atom stereocenters. The highest BCUT2D eigenvalue weighted by molar-refractivity contribution is 6.30. The molecule has 0 fully saturated rings. The van der Waals surface area contributed by atoms with Crippen molar-refractivity contribution in [2.45, 2.75) is 25.4 Å². The molecule has 0 bridgehead atoms. The number of hydrogen-bond acceptors (Lipinski definition) is 2. The maximum atomic E-state index is 13.2. The molecule has 0 aliphatic rings. The number of nitrogens with zero attached hydrogens (tertiary/aromatic N) is 1. The van der Waals surface area contributed by atoms with E-state index < -0.39 is 5.38 Å². The summed E-state index contributed by atoms with van der Waals surface area (Å²) < 4.78 is 18.8. The first-order valence-corrected chi connectivity index (χ1v) is 8.74. The quantitative estimate of drug-likeness (QED) is 0.555. The topological polar surface area (TPSA) is 33.5 Å².